The van der Waals surface area contributed by atoms with Crippen molar-refractivity contribution in [2.24, 2.45) is 56.2 Å². The lowest BCUT2D eigenvalue weighted by Crippen LogP contribution is -2.58. The topological polar surface area (TPSA) is 434 Å². The van der Waals surface area contributed by atoms with Crippen molar-refractivity contribution in [3.63, 3.8) is 0 Å². The van der Waals surface area contributed by atoms with Gasteiger partial charge in [0.05, 0.1) is 17.7 Å². The van der Waals surface area contributed by atoms with Gasteiger partial charge in [-0.1, -0.05) is 36.8 Å². The van der Waals surface area contributed by atoms with Crippen LogP contribution in [0.2, 0.25) is 0 Å². The van der Waals surface area contributed by atoms with Crippen LogP contribution in [-0.4, -0.2) is 120 Å². The number of carbonyl (C=O) groups is 9. The zero-order valence-electron chi connectivity index (χ0n) is 42.9. The number of hydrogen-bond acceptors (Lipinski definition) is 13. The van der Waals surface area contributed by atoms with Crippen molar-refractivity contribution in [2.45, 2.75) is 133 Å². The normalized spacial score (nSPS) is 21.2. The van der Waals surface area contributed by atoms with Gasteiger partial charge in [-0.2, -0.15) is 5.26 Å². The number of Topliss-reactive ketones (excluding diaryl/α,β-unsaturated/α-hetero) is 3. The summed E-state index contributed by atoms with van der Waals surface area (Å²) in [7, 11) is 0. The first kappa shape index (κ1) is 60.4. The first-order valence-electron chi connectivity index (χ1n) is 25.5. The number of hydrogen-bond donors (Lipinski definition) is 12. The van der Waals surface area contributed by atoms with E-state index >= 15 is 0 Å². The van der Waals surface area contributed by atoms with Crippen LogP contribution in [0.15, 0.2) is 64.7 Å². The van der Waals surface area contributed by atoms with Crippen LogP contribution in [0.4, 0.5) is 0 Å². The summed E-state index contributed by atoms with van der Waals surface area (Å²) in [6, 6.07) is 9.25. The number of nitrogens with two attached hydrogens (primary N) is 6. The minimum Gasteiger partial charge on any atom is -0.370 e. The van der Waals surface area contributed by atoms with Crippen LogP contribution < -0.4 is 61.0 Å². The van der Waals surface area contributed by atoms with Crippen molar-refractivity contribution in [3.05, 3.63) is 71.4 Å². The molecule has 410 valence electrons. The van der Waals surface area contributed by atoms with Crippen LogP contribution in [0.25, 0.3) is 10.9 Å². The van der Waals surface area contributed by atoms with Crippen LogP contribution in [0.5, 0.6) is 0 Å². The van der Waals surface area contributed by atoms with Crippen molar-refractivity contribution in [1.29, 1.82) is 5.26 Å². The molecule has 2 aromatic carbocycles. The molecule has 7 atom stereocenters. The van der Waals surface area contributed by atoms with Crippen molar-refractivity contribution in [2.75, 3.05) is 19.6 Å². The van der Waals surface area contributed by atoms with Gasteiger partial charge in [0.2, 0.25) is 35.4 Å². The predicted octanol–water partition coefficient (Wildman–Crippen LogP) is -0.716. The summed E-state index contributed by atoms with van der Waals surface area (Å²) in [5.41, 5.74) is 36.1. The number of aliphatic imine (C=N–C) groups is 2. The molecule has 0 spiro atoms. The molecule has 6 amide bonds. The van der Waals surface area contributed by atoms with Gasteiger partial charge in [0.15, 0.2) is 17.7 Å². The SMILES string of the molecule is CC(=O)N[C@@H](CCCN=C(N)N)C(=O)N[C@H]1CCC(=O)CCCC[C@@H](C(N)=O)NC(=O)[C@H](Cc2c[nH]c3ccccc23)CC(=O)[C@H](CCCN=C(N)N)CC(=O)[C@@H](Cc2cccc(C#N)c2)NC(=O)[C@H](CCN)NC1=O. The maximum absolute atomic E-state index is 14.8. The third-order valence-electron chi connectivity index (χ3n) is 13.0. The lowest BCUT2D eigenvalue weighted by Gasteiger charge is -2.27. The summed E-state index contributed by atoms with van der Waals surface area (Å²) in [6.07, 6.45) is 1.32. The number of para-hydroxylation sites is 1. The number of amides is 6. The van der Waals surface area contributed by atoms with Gasteiger partial charge in [-0.15, -0.1) is 0 Å². The van der Waals surface area contributed by atoms with E-state index < -0.39 is 95.5 Å². The fourth-order valence-electron chi connectivity index (χ4n) is 9.00. The highest BCUT2D eigenvalue weighted by atomic mass is 16.2. The lowest BCUT2D eigenvalue weighted by atomic mass is 9.83. The number of aromatic nitrogens is 1. The summed E-state index contributed by atoms with van der Waals surface area (Å²) in [5.74, 6) is -8.41. The molecule has 0 unspecified atom stereocenters. The highest BCUT2D eigenvalue weighted by molar-refractivity contribution is 5.98. The first-order valence-corrected chi connectivity index (χ1v) is 25.5. The zero-order chi connectivity index (χ0) is 55.7. The molecule has 24 heteroatoms. The first-order chi connectivity index (χ1) is 36.3. The second-order valence-electron chi connectivity index (χ2n) is 19.0. The van der Waals surface area contributed by atoms with Crippen LogP contribution >= 0.6 is 0 Å². The van der Waals surface area contributed by atoms with E-state index in [2.05, 4.69) is 47.6 Å². The Morgan fingerprint density at radius 3 is 2.14 bits per heavy atom. The quantitative estimate of drug-likeness (QED) is 0.0425. The molecule has 0 aliphatic carbocycles. The molecule has 24 nitrogen and oxygen atoms in total. The zero-order valence-corrected chi connectivity index (χ0v) is 42.9. The second kappa shape index (κ2) is 30.9. The monoisotopic (exact) mass is 1050 g/mol. The Hall–Kier alpha value is -8.20. The van der Waals surface area contributed by atoms with E-state index in [9.17, 15) is 48.4 Å². The van der Waals surface area contributed by atoms with E-state index in [-0.39, 0.29) is 133 Å². The third-order valence-corrected chi connectivity index (χ3v) is 13.0. The second-order valence-corrected chi connectivity index (χ2v) is 19.0. The Labute approximate surface area is 441 Å². The van der Waals surface area contributed by atoms with Crippen LogP contribution in [-0.2, 0) is 56.0 Å². The number of nitrogens with zero attached hydrogens (tertiary/aromatic N) is 3. The summed E-state index contributed by atoms with van der Waals surface area (Å²) in [5, 5.41) is 23.8. The molecule has 1 fully saturated rings. The van der Waals surface area contributed by atoms with Gasteiger partial charge >= 0.3 is 0 Å². The Morgan fingerprint density at radius 1 is 0.763 bits per heavy atom. The average molecular weight is 1050 g/mol. The molecule has 1 saturated heterocycles. The minimum absolute atomic E-state index is 0.0197. The van der Waals surface area contributed by atoms with E-state index in [0.29, 0.717) is 11.1 Å². The number of nitriles is 1. The van der Waals surface area contributed by atoms with Crippen LogP contribution in [0.3, 0.4) is 0 Å². The van der Waals surface area contributed by atoms with Crippen molar-refractivity contribution in [1.82, 2.24) is 31.6 Å². The fraction of sp³-hybridized carbons (Fsp3) is 0.500. The van der Waals surface area contributed by atoms with Gasteiger partial charge in [0.1, 0.15) is 35.7 Å². The summed E-state index contributed by atoms with van der Waals surface area (Å²) in [4.78, 5) is 136. The van der Waals surface area contributed by atoms with Crippen molar-refractivity contribution < 1.29 is 43.2 Å². The molecule has 1 aromatic heterocycles. The summed E-state index contributed by atoms with van der Waals surface area (Å²) in [6.45, 7) is 1.30. The van der Waals surface area contributed by atoms with Gasteiger partial charge in [-0.05, 0) is 100 Å². The van der Waals surface area contributed by atoms with Gasteiger partial charge in [-0.3, -0.25) is 53.1 Å². The maximum Gasteiger partial charge on any atom is 0.243 e. The molecule has 0 saturated carbocycles. The maximum atomic E-state index is 14.8. The summed E-state index contributed by atoms with van der Waals surface area (Å²) >= 11 is 0. The van der Waals surface area contributed by atoms with Gasteiger partial charge in [0.25, 0.3) is 0 Å². The lowest BCUT2D eigenvalue weighted by molar-refractivity contribution is -0.135. The highest BCUT2D eigenvalue weighted by Crippen LogP contribution is 2.26. The number of guanidine groups is 2. The van der Waals surface area contributed by atoms with Crippen LogP contribution in [0.1, 0.15) is 107 Å². The Morgan fingerprint density at radius 2 is 1.46 bits per heavy atom. The van der Waals surface area contributed by atoms with Crippen molar-refractivity contribution >= 4 is 75.6 Å². The molecular formula is C52H73N15O9. The molecule has 4 rings (SSSR count). The molecule has 0 bridgehead atoms. The van der Waals surface area contributed by atoms with Gasteiger partial charge in [0, 0.05) is 74.6 Å². The van der Waals surface area contributed by atoms with E-state index in [4.69, 9.17) is 34.4 Å². The molecule has 1 aliphatic rings. The number of H-pyrrole nitrogens is 1. The molecule has 18 N–H and O–H groups in total. The number of benzene rings is 2. The molecule has 2 heterocycles. The van der Waals surface area contributed by atoms with Gasteiger partial charge in [-0.25, -0.2) is 0 Å². The number of nitrogens with one attached hydrogen (secondary N) is 6. The number of fused-ring (bicyclic) bond motifs is 1. The Bertz CT molecular complexity index is 2640. The Balaban J connectivity index is 1.78. The fourth-order valence-corrected chi connectivity index (χ4v) is 9.00. The van der Waals surface area contributed by atoms with E-state index in [1.165, 1.54) is 13.0 Å². The number of rotatable bonds is 18. The predicted molar refractivity (Wildman–Crippen MR) is 284 cm³/mol. The average Bonchev–Trinajstić information content (AvgIpc) is 3.78. The van der Waals surface area contributed by atoms with E-state index in [1.807, 2.05) is 24.3 Å². The molecule has 76 heavy (non-hydrogen) atoms. The largest absolute Gasteiger partial charge is 0.370 e. The molecular weight excluding hydrogens is 979 g/mol. The number of ketones is 3. The van der Waals surface area contributed by atoms with Crippen molar-refractivity contribution in [3.8, 4) is 6.07 Å². The third kappa shape index (κ3) is 20.3. The molecule has 0 radical (unpaired) electrons. The van der Waals surface area contributed by atoms with E-state index in [0.717, 1.165) is 10.9 Å². The smallest absolute Gasteiger partial charge is 0.243 e. The number of primary amides is 1. The minimum atomic E-state index is -1.44. The van der Waals surface area contributed by atoms with E-state index in [1.54, 1.807) is 24.4 Å². The number of carbonyl (C=O) groups excluding carboxylic acids is 9. The highest BCUT2D eigenvalue weighted by Gasteiger charge is 2.35. The Kier molecular flexibility index (Phi) is 24.5. The van der Waals surface area contributed by atoms with Crippen LogP contribution in [0, 0.1) is 23.2 Å². The van der Waals surface area contributed by atoms with Gasteiger partial charge < -0.3 is 66.0 Å². The summed E-state index contributed by atoms with van der Waals surface area (Å²) < 4.78 is 0. The number of aromatic amines is 1. The molecule has 3 aromatic rings. The standard InChI is InChI=1S/C52H73N15O9/c1-30(68)63-40(16-8-22-61-52(58)59)48(74)65-41-18-17-36(69)12-2-4-15-39(46(55)72)64-47(73)34(25-35-29-62-38-14-5-3-13-37(35)38)27-44(70)33(11-7-21-60-51(56)57)26-45(71)43(24-31-9-6-10-32(23-31)28-54)67-50(76)42(19-20-53)66-49(41)75/h3,5-6,9-10,13-14,23,29,33-34,39-43,62H,2,4,7-8,11-12,15-22,24-27,53H2,1H3,(H2,55,72)(H,63,68)(H,64,73)(H,65,74)(H,66,75)(H,67,76)(H4,56,57,60)(H4,58,59,61)/t33-,34-,39+,40+,41+,42+,43-/m1/s1. The molecule has 1 aliphatic heterocycles.